The highest BCUT2D eigenvalue weighted by molar-refractivity contribution is 5.55. The summed E-state index contributed by atoms with van der Waals surface area (Å²) in [6.45, 7) is 7.81. The zero-order chi connectivity index (χ0) is 22.1. The minimum Gasteiger partial charge on any atom is -0.399 e. The van der Waals surface area contributed by atoms with Gasteiger partial charge in [-0.15, -0.1) is 0 Å². The van der Waals surface area contributed by atoms with Crippen molar-refractivity contribution in [2.24, 2.45) is 5.92 Å². The molecular formula is C28H32N4. The lowest BCUT2D eigenvalue weighted by molar-refractivity contribution is 0.212. The Labute approximate surface area is 190 Å². The van der Waals surface area contributed by atoms with Gasteiger partial charge in [-0.3, -0.25) is 4.90 Å². The van der Waals surface area contributed by atoms with E-state index in [4.69, 9.17) is 5.73 Å². The molecule has 0 radical (unpaired) electrons. The second kappa shape index (κ2) is 8.71. The second-order valence-corrected chi connectivity index (χ2v) is 9.30. The first-order chi connectivity index (χ1) is 15.6. The van der Waals surface area contributed by atoms with E-state index in [-0.39, 0.29) is 0 Å². The lowest BCUT2D eigenvalue weighted by Crippen LogP contribution is -2.36. The van der Waals surface area contributed by atoms with Crippen molar-refractivity contribution in [3.05, 3.63) is 102 Å². The lowest BCUT2D eigenvalue weighted by Gasteiger charge is -2.37. The van der Waals surface area contributed by atoms with Crippen LogP contribution < -0.4 is 5.73 Å². The molecule has 0 aliphatic carbocycles. The SMILES string of the molecule is CC(C)C1CN(CCc2ccc(-n3cccc3)c(-n3cccc3)c2)Cc2ccc(N)cc21. The van der Waals surface area contributed by atoms with Gasteiger partial charge in [0, 0.05) is 50.1 Å². The van der Waals surface area contributed by atoms with E-state index in [0.29, 0.717) is 11.8 Å². The molecule has 1 aliphatic rings. The molecule has 5 rings (SSSR count). The van der Waals surface area contributed by atoms with Gasteiger partial charge in [0.2, 0.25) is 0 Å². The van der Waals surface area contributed by atoms with Crippen LogP contribution in [-0.2, 0) is 13.0 Å². The number of nitrogen functional groups attached to an aromatic ring is 1. The van der Waals surface area contributed by atoms with Gasteiger partial charge in [0.1, 0.15) is 0 Å². The van der Waals surface area contributed by atoms with Crippen molar-refractivity contribution in [3.8, 4) is 11.4 Å². The molecule has 0 bridgehead atoms. The number of fused-ring (bicyclic) bond motifs is 1. The van der Waals surface area contributed by atoms with Crippen LogP contribution in [0.3, 0.4) is 0 Å². The molecule has 4 heteroatoms. The first kappa shape index (κ1) is 20.7. The molecule has 3 heterocycles. The molecule has 0 amide bonds. The largest absolute Gasteiger partial charge is 0.399 e. The summed E-state index contributed by atoms with van der Waals surface area (Å²) in [7, 11) is 0. The van der Waals surface area contributed by atoms with Crippen LogP contribution in [0.4, 0.5) is 5.69 Å². The van der Waals surface area contributed by atoms with Gasteiger partial charge >= 0.3 is 0 Å². The van der Waals surface area contributed by atoms with E-state index in [9.17, 15) is 0 Å². The maximum absolute atomic E-state index is 6.10. The number of nitrogens with zero attached hydrogens (tertiary/aromatic N) is 3. The van der Waals surface area contributed by atoms with Gasteiger partial charge in [-0.05, 0) is 83.5 Å². The summed E-state index contributed by atoms with van der Waals surface area (Å²) in [4.78, 5) is 2.61. The molecule has 4 nitrogen and oxygen atoms in total. The third-order valence-electron chi connectivity index (χ3n) is 6.74. The van der Waals surface area contributed by atoms with Crippen molar-refractivity contribution in [2.45, 2.75) is 32.7 Å². The number of hydrogen-bond donors (Lipinski definition) is 1. The topological polar surface area (TPSA) is 39.1 Å². The number of nitrogens with two attached hydrogens (primary N) is 1. The molecular weight excluding hydrogens is 392 g/mol. The van der Waals surface area contributed by atoms with Gasteiger partial charge in [-0.25, -0.2) is 0 Å². The van der Waals surface area contributed by atoms with Crippen LogP contribution in [-0.4, -0.2) is 27.1 Å². The fourth-order valence-electron chi connectivity index (χ4n) is 4.95. The molecule has 2 N–H and O–H groups in total. The third kappa shape index (κ3) is 4.11. The minimum absolute atomic E-state index is 0.536. The zero-order valence-corrected chi connectivity index (χ0v) is 19.0. The van der Waals surface area contributed by atoms with E-state index in [1.165, 1.54) is 28.1 Å². The van der Waals surface area contributed by atoms with Crippen LogP contribution in [0.1, 0.15) is 36.5 Å². The summed E-state index contributed by atoms with van der Waals surface area (Å²) < 4.78 is 4.38. The first-order valence-corrected chi connectivity index (χ1v) is 11.6. The highest BCUT2D eigenvalue weighted by atomic mass is 15.1. The van der Waals surface area contributed by atoms with E-state index in [0.717, 1.165) is 31.7 Å². The van der Waals surface area contributed by atoms with Crippen molar-refractivity contribution in [1.29, 1.82) is 0 Å². The summed E-state index contributed by atoms with van der Waals surface area (Å²) >= 11 is 0. The average Bonchev–Trinajstić information content (AvgIpc) is 3.51. The van der Waals surface area contributed by atoms with Crippen LogP contribution in [0, 0.1) is 5.92 Å². The average molecular weight is 425 g/mol. The second-order valence-electron chi connectivity index (χ2n) is 9.30. The molecule has 164 valence electrons. The normalized spacial score (nSPS) is 16.4. The number of rotatable bonds is 6. The molecule has 2 aromatic carbocycles. The van der Waals surface area contributed by atoms with Gasteiger partial charge < -0.3 is 14.9 Å². The maximum Gasteiger partial charge on any atom is 0.0694 e. The van der Waals surface area contributed by atoms with E-state index in [1.807, 2.05) is 6.07 Å². The fraction of sp³-hybridized carbons (Fsp3) is 0.286. The van der Waals surface area contributed by atoms with Crippen LogP contribution >= 0.6 is 0 Å². The molecule has 0 saturated carbocycles. The predicted molar refractivity (Wildman–Crippen MR) is 133 cm³/mol. The van der Waals surface area contributed by atoms with E-state index < -0.39 is 0 Å². The van der Waals surface area contributed by atoms with Gasteiger partial charge in [0.15, 0.2) is 0 Å². The molecule has 1 unspecified atom stereocenters. The Bertz CT molecular complexity index is 1170. The highest BCUT2D eigenvalue weighted by Gasteiger charge is 2.27. The van der Waals surface area contributed by atoms with Crippen molar-refractivity contribution in [1.82, 2.24) is 14.0 Å². The molecule has 1 aliphatic heterocycles. The molecule has 0 saturated heterocycles. The Morgan fingerprint density at radius 1 is 0.875 bits per heavy atom. The maximum atomic E-state index is 6.10. The van der Waals surface area contributed by atoms with Gasteiger partial charge in [-0.1, -0.05) is 26.0 Å². The third-order valence-corrected chi connectivity index (χ3v) is 6.74. The van der Waals surface area contributed by atoms with Crippen molar-refractivity contribution >= 4 is 5.69 Å². The zero-order valence-electron chi connectivity index (χ0n) is 19.0. The van der Waals surface area contributed by atoms with Crippen LogP contribution in [0.2, 0.25) is 0 Å². The Morgan fingerprint density at radius 2 is 1.56 bits per heavy atom. The van der Waals surface area contributed by atoms with E-state index in [1.54, 1.807) is 0 Å². The number of hydrogen-bond acceptors (Lipinski definition) is 2. The summed E-state index contributed by atoms with van der Waals surface area (Å²) in [5.41, 5.74) is 13.6. The van der Waals surface area contributed by atoms with Gasteiger partial charge in [-0.2, -0.15) is 0 Å². The summed E-state index contributed by atoms with van der Waals surface area (Å²) in [6, 6.07) is 21.6. The first-order valence-electron chi connectivity index (χ1n) is 11.6. The summed E-state index contributed by atoms with van der Waals surface area (Å²) in [5.74, 6) is 1.13. The Morgan fingerprint density at radius 3 is 2.25 bits per heavy atom. The Kier molecular flexibility index (Phi) is 5.62. The van der Waals surface area contributed by atoms with Crippen molar-refractivity contribution < 1.29 is 0 Å². The monoisotopic (exact) mass is 424 g/mol. The fourth-order valence-corrected chi connectivity index (χ4v) is 4.95. The molecule has 0 spiro atoms. The highest BCUT2D eigenvalue weighted by Crippen LogP contribution is 2.35. The Hall–Kier alpha value is -3.24. The number of aromatic nitrogens is 2. The predicted octanol–water partition coefficient (Wildman–Crippen LogP) is 5.65. The number of benzene rings is 2. The molecule has 32 heavy (non-hydrogen) atoms. The minimum atomic E-state index is 0.536. The molecule has 1 atom stereocenters. The van der Waals surface area contributed by atoms with Gasteiger partial charge in [0.25, 0.3) is 0 Å². The Balaban J connectivity index is 1.37. The van der Waals surface area contributed by atoms with Crippen molar-refractivity contribution in [3.63, 3.8) is 0 Å². The standard InChI is InChI=1S/C28H32N4/c1-21(2)26-20-30(19-23-8-9-24(29)18-25(23)26)16-11-22-7-10-27(31-12-3-4-13-31)28(17-22)32-14-5-6-15-32/h3-10,12-15,17-18,21,26H,11,16,19-20,29H2,1-2H3. The lowest BCUT2D eigenvalue weighted by atomic mass is 9.82. The number of anilines is 1. The van der Waals surface area contributed by atoms with E-state index in [2.05, 4.69) is 107 Å². The molecule has 0 fully saturated rings. The summed E-state index contributed by atoms with van der Waals surface area (Å²) in [5, 5.41) is 0. The van der Waals surface area contributed by atoms with Gasteiger partial charge in [0.05, 0.1) is 11.4 Å². The van der Waals surface area contributed by atoms with Crippen molar-refractivity contribution in [2.75, 3.05) is 18.8 Å². The van der Waals surface area contributed by atoms with E-state index >= 15 is 0 Å². The molecule has 2 aromatic heterocycles. The summed E-state index contributed by atoms with van der Waals surface area (Å²) in [6.07, 6.45) is 9.48. The molecule has 4 aromatic rings. The smallest absolute Gasteiger partial charge is 0.0694 e. The quantitative estimate of drug-likeness (QED) is 0.406. The van der Waals surface area contributed by atoms with Crippen LogP contribution in [0.15, 0.2) is 85.5 Å². The van der Waals surface area contributed by atoms with Crippen LogP contribution in [0.25, 0.3) is 11.4 Å². The van der Waals surface area contributed by atoms with Crippen LogP contribution in [0.5, 0.6) is 0 Å².